The van der Waals surface area contributed by atoms with Crippen LogP contribution >= 0.6 is 11.6 Å². The fourth-order valence-corrected chi connectivity index (χ4v) is 3.17. The molecular formula is C21H20ClN5O2. The van der Waals surface area contributed by atoms with Crippen molar-refractivity contribution in [3.05, 3.63) is 71.6 Å². The number of H-pyrrole nitrogens is 2. The average molecular weight is 410 g/mol. The molecule has 29 heavy (non-hydrogen) atoms. The summed E-state index contributed by atoms with van der Waals surface area (Å²) in [6.07, 6.45) is 3.51. The van der Waals surface area contributed by atoms with Crippen molar-refractivity contribution >= 4 is 28.5 Å². The Morgan fingerprint density at radius 2 is 1.90 bits per heavy atom. The van der Waals surface area contributed by atoms with Gasteiger partial charge >= 0.3 is 0 Å². The molecule has 0 radical (unpaired) electrons. The largest absolute Gasteiger partial charge is 0.378 e. The minimum atomic E-state index is -0.00818. The van der Waals surface area contributed by atoms with Gasteiger partial charge in [-0.15, -0.1) is 0 Å². The zero-order chi connectivity index (χ0) is 20.1. The summed E-state index contributed by atoms with van der Waals surface area (Å²) >= 11 is 5.54. The van der Waals surface area contributed by atoms with Gasteiger partial charge in [-0.3, -0.25) is 9.89 Å². The Morgan fingerprint density at radius 1 is 1.10 bits per heavy atom. The minimum absolute atomic E-state index is 0.00818. The van der Waals surface area contributed by atoms with Crippen LogP contribution in [0.5, 0.6) is 0 Å². The predicted molar refractivity (Wildman–Crippen MR) is 112 cm³/mol. The number of aromatic amines is 2. The zero-order valence-corrected chi connectivity index (χ0v) is 16.4. The van der Waals surface area contributed by atoms with Gasteiger partial charge in [-0.2, -0.15) is 5.10 Å². The van der Waals surface area contributed by atoms with Crippen LogP contribution in [0.2, 0.25) is 5.02 Å². The number of amides is 1. The number of carbonyl (C=O) groups excluding carboxylic acids is 1. The number of benzene rings is 1. The van der Waals surface area contributed by atoms with Crippen LogP contribution in [0.15, 0.2) is 60.9 Å². The molecule has 0 bridgehead atoms. The third kappa shape index (κ3) is 4.64. The molecule has 7 nitrogen and oxygen atoms in total. The molecule has 2 N–H and O–H groups in total. The van der Waals surface area contributed by atoms with E-state index in [1.807, 2.05) is 48.5 Å². The standard InChI is InChI=1S/C15H15N5O2.C6H5Cl/c21-15(20-3-5-22-6-4-20)13-7-10-1-2-12(18-14(10)19-13)11-8-16-17-9-11;7-6-4-2-1-3-5-6/h1-2,7-9H,3-6H2,(H,16,17)(H,18,19);1-5H. The molecule has 0 aliphatic carbocycles. The number of nitrogens with zero attached hydrogens (tertiary/aromatic N) is 3. The van der Waals surface area contributed by atoms with Crippen LogP contribution in [0.1, 0.15) is 10.5 Å². The number of carbonyl (C=O) groups is 1. The van der Waals surface area contributed by atoms with Gasteiger partial charge in [0.2, 0.25) is 0 Å². The van der Waals surface area contributed by atoms with Gasteiger partial charge in [0.25, 0.3) is 5.91 Å². The number of rotatable bonds is 2. The first kappa shape index (κ1) is 19.2. The molecule has 148 valence electrons. The van der Waals surface area contributed by atoms with Gasteiger partial charge in [-0.05, 0) is 30.3 Å². The van der Waals surface area contributed by atoms with Gasteiger partial charge in [0.1, 0.15) is 11.3 Å². The van der Waals surface area contributed by atoms with Crippen molar-refractivity contribution in [2.24, 2.45) is 0 Å². The van der Waals surface area contributed by atoms with E-state index in [2.05, 4.69) is 20.2 Å². The van der Waals surface area contributed by atoms with E-state index in [9.17, 15) is 4.79 Å². The molecule has 1 aliphatic rings. The Labute approximate surface area is 172 Å². The highest BCUT2D eigenvalue weighted by Gasteiger charge is 2.20. The summed E-state index contributed by atoms with van der Waals surface area (Å²) in [7, 11) is 0. The van der Waals surface area contributed by atoms with E-state index >= 15 is 0 Å². The molecule has 4 heterocycles. The summed E-state index contributed by atoms with van der Waals surface area (Å²) in [6, 6.07) is 15.2. The number of nitrogens with one attached hydrogen (secondary N) is 2. The van der Waals surface area contributed by atoms with Crippen LogP contribution in [0.4, 0.5) is 0 Å². The molecule has 4 aromatic rings. The van der Waals surface area contributed by atoms with Crippen LogP contribution in [-0.2, 0) is 4.74 Å². The van der Waals surface area contributed by atoms with E-state index in [0.717, 1.165) is 21.7 Å². The van der Waals surface area contributed by atoms with Crippen molar-refractivity contribution in [3.63, 3.8) is 0 Å². The maximum atomic E-state index is 12.5. The van der Waals surface area contributed by atoms with Crippen molar-refractivity contribution in [3.8, 4) is 11.3 Å². The molecule has 0 unspecified atom stereocenters. The smallest absolute Gasteiger partial charge is 0.270 e. The Kier molecular flexibility index (Phi) is 5.88. The van der Waals surface area contributed by atoms with E-state index < -0.39 is 0 Å². The Hall–Kier alpha value is -3.16. The molecule has 1 aliphatic heterocycles. The lowest BCUT2D eigenvalue weighted by Crippen LogP contribution is -2.40. The fraction of sp³-hybridized carbons (Fsp3) is 0.190. The first-order chi connectivity index (χ1) is 14.2. The Balaban J connectivity index is 0.000000249. The first-order valence-corrected chi connectivity index (χ1v) is 9.65. The molecule has 0 spiro atoms. The number of hydrogen-bond acceptors (Lipinski definition) is 4. The van der Waals surface area contributed by atoms with Gasteiger partial charge in [0.05, 0.1) is 25.1 Å². The van der Waals surface area contributed by atoms with E-state index in [1.54, 1.807) is 17.3 Å². The number of morpholine rings is 1. The lowest BCUT2D eigenvalue weighted by molar-refractivity contribution is 0.0299. The van der Waals surface area contributed by atoms with E-state index in [-0.39, 0.29) is 5.91 Å². The zero-order valence-electron chi connectivity index (χ0n) is 15.6. The molecule has 8 heteroatoms. The van der Waals surface area contributed by atoms with Crippen molar-refractivity contribution in [1.82, 2.24) is 25.1 Å². The van der Waals surface area contributed by atoms with Crippen molar-refractivity contribution in [1.29, 1.82) is 0 Å². The third-order valence-corrected chi connectivity index (χ3v) is 4.79. The number of fused-ring (bicyclic) bond motifs is 1. The SMILES string of the molecule is Clc1ccccc1.O=C(c1cc2ccc(-c3cn[nH]c3)nc2[nH]1)N1CCOCC1. The summed E-state index contributed by atoms with van der Waals surface area (Å²) in [5.41, 5.74) is 3.00. The van der Waals surface area contributed by atoms with Crippen LogP contribution in [0.3, 0.4) is 0 Å². The number of ether oxygens (including phenoxy) is 1. The summed E-state index contributed by atoms with van der Waals surface area (Å²) < 4.78 is 5.28. The maximum absolute atomic E-state index is 12.5. The lowest BCUT2D eigenvalue weighted by Gasteiger charge is -2.26. The van der Waals surface area contributed by atoms with Crippen molar-refractivity contribution in [2.75, 3.05) is 26.3 Å². The van der Waals surface area contributed by atoms with Crippen LogP contribution in [-0.4, -0.2) is 57.3 Å². The van der Waals surface area contributed by atoms with Crippen LogP contribution < -0.4 is 0 Å². The van der Waals surface area contributed by atoms with Gasteiger partial charge in [0.15, 0.2) is 0 Å². The molecular weight excluding hydrogens is 390 g/mol. The summed E-state index contributed by atoms with van der Waals surface area (Å²) in [6.45, 7) is 2.44. The highest BCUT2D eigenvalue weighted by atomic mass is 35.5. The van der Waals surface area contributed by atoms with Gasteiger partial charge in [0, 0.05) is 35.3 Å². The summed E-state index contributed by atoms with van der Waals surface area (Å²) in [4.78, 5) is 22.0. The van der Waals surface area contributed by atoms with Gasteiger partial charge in [-0.25, -0.2) is 4.98 Å². The summed E-state index contributed by atoms with van der Waals surface area (Å²) in [5, 5.41) is 8.41. The number of aromatic nitrogens is 4. The normalized spacial score (nSPS) is 13.8. The summed E-state index contributed by atoms with van der Waals surface area (Å²) in [5.74, 6) is -0.00818. The monoisotopic (exact) mass is 409 g/mol. The predicted octanol–water partition coefficient (Wildman–Crippen LogP) is 3.77. The van der Waals surface area contributed by atoms with Gasteiger partial charge < -0.3 is 14.6 Å². The molecule has 5 rings (SSSR count). The number of pyridine rings is 1. The Bertz CT molecular complexity index is 1070. The number of halogens is 1. The van der Waals surface area contributed by atoms with Crippen molar-refractivity contribution in [2.45, 2.75) is 0 Å². The molecule has 1 amide bonds. The number of hydrogen-bond donors (Lipinski definition) is 2. The third-order valence-electron chi connectivity index (χ3n) is 4.54. The van der Waals surface area contributed by atoms with Crippen LogP contribution in [0, 0.1) is 0 Å². The molecule has 1 fully saturated rings. The van der Waals surface area contributed by atoms with Gasteiger partial charge in [-0.1, -0.05) is 29.8 Å². The molecule has 3 aromatic heterocycles. The molecule has 0 atom stereocenters. The molecule has 1 aromatic carbocycles. The highest BCUT2D eigenvalue weighted by Crippen LogP contribution is 2.21. The van der Waals surface area contributed by atoms with E-state index in [1.165, 1.54) is 0 Å². The fourth-order valence-electron chi connectivity index (χ4n) is 3.02. The molecule has 1 saturated heterocycles. The highest BCUT2D eigenvalue weighted by molar-refractivity contribution is 6.30. The first-order valence-electron chi connectivity index (χ1n) is 9.27. The lowest BCUT2D eigenvalue weighted by atomic mass is 10.2. The van der Waals surface area contributed by atoms with Crippen LogP contribution in [0.25, 0.3) is 22.3 Å². The van der Waals surface area contributed by atoms with E-state index in [4.69, 9.17) is 16.3 Å². The second kappa shape index (κ2) is 8.89. The Morgan fingerprint density at radius 3 is 2.55 bits per heavy atom. The molecule has 0 saturated carbocycles. The second-order valence-corrected chi connectivity index (χ2v) is 6.94. The topological polar surface area (TPSA) is 86.9 Å². The second-order valence-electron chi connectivity index (χ2n) is 6.50. The minimum Gasteiger partial charge on any atom is -0.378 e. The average Bonchev–Trinajstić information content (AvgIpc) is 3.44. The van der Waals surface area contributed by atoms with Crippen molar-refractivity contribution < 1.29 is 9.53 Å². The maximum Gasteiger partial charge on any atom is 0.270 e. The quantitative estimate of drug-likeness (QED) is 0.527. The van der Waals surface area contributed by atoms with E-state index in [0.29, 0.717) is 37.6 Å².